The van der Waals surface area contributed by atoms with Crippen LogP contribution in [0.15, 0.2) is 30.5 Å². The molecule has 9 heteroatoms. The van der Waals surface area contributed by atoms with Gasteiger partial charge < -0.3 is 0 Å². The predicted molar refractivity (Wildman–Crippen MR) is 99.4 cm³/mol. The van der Waals surface area contributed by atoms with Crippen molar-refractivity contribution in [1.29, 1.82) is 0 Å². The molecule has 1 aromatic heterocycles. The molecule has 144 valence electrons. The van der Waals surface area contributed by atoms with Crippen LogP contribution in [-0.2, 0) is 22.9 Å². The van der Waals surface area contributed by atoms with Crippen molar-refractivity contribution in [2.24, 2.45) is 0 Å². The predicted octanol–water partition coefficient (Wildman–Crippen LogP) is 2.05. The van der Waals surface area contributed by atoms with Gasteiger partial charge in [-0.2, -0.15) is 0 Å². The molecule has 1 amide bonds. The summed E-state index contributed by atoms with van der Waals surface area (Å²) in [6.45, 7) is 1.82. The van der Waals surface area contributed by atoms with Gasteiger partial charge in [0.15, 0.2) is 0 Å². The Kier molecular flexibility index (Phi) is 5.81. The Hall–Kier alpha value is -2.39. The number of hydrogen-bond acceptors (Lipinski definition) is 5. The lowest BCUT2D eigenvalue weighted by atomic mass is 9.94. The average molecular weight is 392 g/mol. The topological polar surface area (TPSA) is 101 Å². The number of carbonyl (C=O) groups is 1. The minimum Gasteiger partial charge on any atom is -0.290 e. The Morgan fingerprint density at radius 3 is 2.74 bits per heavy atom. The molecule has 7 nitrogen and oxygen atoms in total. The molecule has 1 aliphatic carbocycles. The summed E-state index contributed by atoms with van der Waals surface area (Å²) < 4.78 is 39.5. The molecule has 1 unspecified atom stereocenters. The Morgan fingerprint density at radius 2 is 2.04 bits per heavy atom. The fraction of sp³-hybridized carbons (Fsp3) is 0.389. The van der Waals surface area contributed by atoms with E-state index in [1.54, 1.807) is 6.20 Å². The molecular formula is C18H21FN4O3S. The lowest BCUT2D eigenvalue weighted by Gasteiger charge is -2.24. The maximum Gasteiger partial charge on any atom is 0.258 e. The maximum atomic E-state index is 12.9. The first-order chi connectivity index (χ1) is 12.9. The van der Waals surface area contributed by atoms with Crippen LogP contribution in [0.25, 0.3) is 0 Å². The summed E-state index contributed by atoms with van der Waals surface area (Å²) in [5.41, 5.74) is 1.97. The highest BCUT2D eigenvalue weighted by Gasteiger charge is 2.24. The second-order valence-electron chi connectivity index (χ2n) is 6.50. The summed E-state index contributed by atoms with van der Waals surface area (Å²) >= 11 is 0. The highest BCUT2D eigenvalue weighted by Crippen LogP contribution is 2.21. The third-order valence-electron chi connectivity index (χ3n) is 4.30. The Balaban J connectivity index is 1.66. The number of amides is 1. The third-order valence-corrected chi connectivity index (χ3v) is 5.94. The van der Waals surface area contributed by atoms with Gasteiger partial charge in [0.2, 0.25) is 16.0 Å². The van der Waals surface area contributed by atoms with Crippen LogP contribution in [0.5, 0.6) is 0 Å². The van der Waals surface area contributed by atoms with E-state index in [2.05, 4.69) is 20.0 Å². The fourth-order valence-corrected chi connectivity index (χ4v) is 4.39. The molecule has 2 N–H and O–H groups in total. The minimum atomic E-state index is -3.27. The molecular weight excluding hydrogens is 371 g/mol. The van der Waals surface area contributed by atoms with Gasteiger partial charge in [0.1, 0.15) is 5.82 Å². The summed E-state index contributed by atoms with van der Waals surface area (Å²) in [7, 11) is -3.27. The van der Waals surface area contributed by atoms with E-state index in [0.717, 1.165) is 11.3 Å². The fourth-order valence-electron chi connectivity index (χ4n) is 3.02. The molecule has 1 aliphatic rings. The van der Waals surface area contributed by atoms with E-state index in [4.69, 9.17) is 0 Å². The number of benzene rings is 1. The van der Waals surface area contributed by atoms with E-state index in [1.165, 1.54) is 24.3 Å². The zero-order valence-electron chi connectivity index (χ0n) is 14.9. The molecule has 0 bridgehead atoms. The zero-order chi connectivity index (χ0) is 19.4. The number of aromatic nitrogens is 2. The monoisotopic (exact) mass is 392 g/mol. The number of anilines is 1. The second-order valence-corrected chi connectivity index (χ2v) is 8.38. The van der Waals surface area contributed by atoms with Crippen LogP contribution in [0.1, 0.15) is 41.4 Å². The van der Waals surface area contributed by atoms with Crippen molar-refractivity contribution in [3.8, 4) is 0 Å². The smallest absolute Gasteiger partial charge is 0.258 e. The number of nitrogens with one attached hydrogen (secondary N) is 2. The van der Waals surface area contributed by atoms with Gasteiger partial charge in [-0.05, 0) is 55.5 Å². The minimum absolute atomic E-state index is 0.112. The standard InChI is InChI=1S/C18H21FN4O3S/c1-2-9-27(25,26)23-15-7-8-16-13(10-15)11-20-18(21-16)22-17(24)12-3-5-14(19)6-4-12/h3-6,11,15,23H,2,7-10H2,1H3,(H,20,21,22,24). The van der Waals surface area contributed by atoms with Crippen molar-refractivity contribution in [3.05, 3.63) is 53.1 Å². The van der Waals surface area contributed by atoms with Gasteiger partial charge in [0, 0.05) is 23.5 Å². The van der Waals surface area contributed by atoms with Crippen molar-refractivity contribution in [3.63, 3.8) is 0 Å². The van der Waals surface area contributed by atoms with E-state index < -0.39 is 21.7 Å². The van der Waals surface area contributed by atoms with Crippen molar-refractivity contribution in [2.75, 3.05) is 11.1 Å². The number of aryl methyl sites for hydroxylation is 1. The van der Waals surface area contributed by atoms with Crippen LogP contribution in [-0.4, -0.2) is 36.1 Å². The molecule has 1 atom stereocenters. The van der Waals surface area contributed by atoms with E-state index in [9.17, 15) is 17.6 Å². The molecule has 0 saturated carbocycles. The Bertz CT molecular complexity index is 932. The summed E-state index contributed by atoms with van der Waals surface area (Å²) in [5, 5.41) is 2.60. The van der Waals surface area contributed by atoms with Gasteiger partial charge in [-0.1, -0.05) is 6.92 Å². The second kappa shape index (κ2) is 8.10. The summed E-state index contributed by atoms with van der Waals surface area (Å²) in [4.78, 5) is 20.7. The lowest BCUT2D eigenvalue weighted by Crippen LogP contribution is -2.40. The Morgan fingerprint density at radius 1 is 1.30 bits per heavy atom. The van der Waals surface area contributed by atoms with Crippen molar-refractivity contribution >= 4 is 21.9 Å². The molecule has 0 radical (unpaired) electrons. The zero-order valence-corrected chi connectivity index (χ0v) is 15.7. The SMILES string of the molecule is CCCS(=O)(=O)NC1CCc2nc(NC(=O)c3ccc(F)cc3)ncc2C1. The summed E-state index contributed by atoms with van der Waals surface area (Å²) in [6.07, 6.45) is 3.93. The van der Waals surface area contributed by atoms with Crippen LogP contribution >= 0.6 is 0 Å². The molecule has 1 aromatic carbocycles. The largest absolute Gasteiger partial charge is 0.290 e. The van der Waals surface area contributed by atoms with Gasteiger partial charge in [-0.15, -0.1) is 0 Å². The van der Waals surface area contributed by atoms with Crippen molar-refractivity contribution in [1.82, 2.24) is 14.7 Å². The maximum absolute atomic E-state index is 12.9. The number of carbonyl (C=O) groups excluding carboxylic acids is 1. The van der Waals surface area contributed by atoms with Gasteiger partial charge in [0.25, 0.3) is 5.91 Å². The number of nitrogens with zero attached hydrogens (tertiary/aromatic N) is 2. The summed E-state index contributed by atoms with van der Waals surface area (Å²) in [5.74, 6) is -0.550. The molecule has 0 saturated heterocycles. The van der Waals surface area contributed by atoms with Crippen LogP contribution in [0.2, 0.25) is 0 Å². The normalized spacial score (nSPS) is 16.6. The number of sulfonamides is 1. The van der Waals surface area contributed by atoms with Gasteiger partial charge in [-0.3, -0.25) is 10.1 Å². The first-order valence-corrected chi connectivity index (χ1v) is 10.4. The highest BCUT2D eigenvalue weighted by atomic mass is 32.2. The van der Waals surface area contributed by atoms with Gasteiger partial charge in [0.05, 0.1) is 5.75 Å². The quantitative estimate of drug-likeness (QED) is 0.784. The number of halogens is 1. The van der Waals surface area contributed by atoms with Gasteiger partial charge in [-0.25, -0.2) is 27.5 Å². The van der Waals surface area contributed by atoms with Crippen LogP contribution in [0.3, 0.4) is 0 Å². The van der Waals surface area contributed by atoms with E-state index in [0.29, 0.717) is 31.2 Å². The third kappa shape index (κ3) is 5.08. The van der Waals surface area contributed by atoms with E-state index in [1.807, 2.05) is 6.92 Å². The van der Waals surface area contributed by atoms with Crippen molar-refractivity contribution in [2.45, 2.75) is 38.6 Å². The number of rotatable bonds is 6. The molecule has 0 fully saturated rings. The molecule has 0 spiro atoms. The van der Waals surface area contributed by atoms with Crippen molar-refractivity contribution < 1.29 is 17.6 Å². The van der Waals surface area contributed by atoms with Gasteiger partial charge >= 0.3 is 0 Å². The Labute approximate surface area is 157 Å². The van der Waals surface area contributed by atoms with E-state index >= 15 is 0 Å². The lowest BCUT2D eigenvalue weighted by molar-refractivity contribution is 0.102. The van der Waals surface area contributed by atoms with E-state index in [-0.39, 0.29) is 17.7 Å². The number of hydrogen-bond donors (Lipinski definition) is 2. The highest BCUT2D eigenvalue weighted by molar-refractivity contribution is 7.89. The first-order valence-electron chi connectivity index (χ1n) is 8.78. The first kappa shape index (κ1) is 19.4. The summed E-state index contributed by atoms with van der Waals surface area (Å²) in [6, 6.07) is 5.02. The number of fused-ring (bicyclic) bond motifs is 1. The molecule has 2 aromatic rings. The molecule has 0 aliphatic heterocycles. The molecule has 1 heterocycles. The molecule has 3 rings (SSSR count). The average Bonchev–Trinajstić information content (AvgIpc) is 2.62. The van der Waals surface area contributed by atoms with Crippen LogP contribution < -0.4 is 10.0 Å². The van der Waals surface area contributed by atoms with Crippen LogP contribution in [0, 0.1) is 5.82 Å². The molecule has 27 heavy (non-hydrogen) atoms. The van der Waals surface area contributed by atoms with Crippen LogP contribution in [0.4, 0.5) is 10.3 Å².